The minimum Gasteiger partial charge on any atom is -0.351 e. The maximum absolute atomic E-state index is 12.0. The number of rotatable bonds is 2. The molecule has 0 radical (unpaired) electrons. The zero-order chi connectivity index (χ0) is 12.9. The van der Waals surface area contributed by atoms with Crippen molar-refractivity contribution in [3.63, 3.8) is 0 Å². The number of hydrogen-bond acceptors (Lipinski definition) is 2. The number of primary amides is 1. The number of imide groups is 1. The molecule has 0 aromatic carbocycles. The fourth-order valence-corrected chi connectivity index (χ4v) is 5.01. The molecule has 4 fully saturated rings. The summed E-state index contributed by atoms with van der Waals surface area (Å²) in [6.45, 7) is 3.49. The molecule has 98 valence electrons. The molecule has 0 aliphatic heterocycles. The summed E-state index contributed by atoms with van der Waals surface area (Å²) in [6.07, 6.45) is 7.87. The first-order valence-corrected chi connectivity index (χ1v) is 6.80. The van der Waals surface area contributed by atoms with Crippen molar-refractivity contribution >= 4 is 11.9 Å². The number of carbonyl (C=O) groups is 2. The molecule has 4 nitrogen and oxygen atoms in total. The highest BCUT2D eigenvalue weighted by Gasteiger charge is 2.55. The van der Waals surface area contributed by atoms with Gasteiger partial charge in [0.25, 0.3) is 5.91 Å². The molecule has 4 aliphatic carbocycles. The summed E-state index contributed by atoms with van der Waals surface area (Å²) in [5.41, 5.74) is 5.15. The van der Waals surface area contributed by atoms with Crippen molar-refractivity contribution in [3.8, 4) is 0 Å². The van der Waals surface area contributed by atoms with E-state index in [1.54, 1.807) is 0 Å². The molecule has 4 saturated carbocycles. The van der Waals surface area contributed by atoms with Gasteiger partial charge < -0.3 is 5.73 Å². The maximum Gasteiger partial charge on any atom is 0.322 e. The Hall–Kier alpha value is -1.32. The first-order valence-electron chi connectivity index (χ1n) is 6.80. The van der Waals surface area contributed by atoms with Crippen LogP contribution in [0.3, 0.4) is 0 Å². The molecular weight excluding hydrogens is 228 g/mol. The molecule has 0 atom stereocenters. The normalized spacial score (nSPS) is 40.6. The molecule has 0 unspecified atom stereocenters. The monoisotopic (exact) mass is 248 g/mol. The van der Waals surface area contributed by atoms with Gasteiger partial charge in [-0.2, -0.15) is 0 Å². The van der Waals surface area contributed by atoms with Gasteiger partial charge in [0.2, 0.25) is 0 Å². The van der Waals surface area contributed by atoms with Crippen molar-refractivity contribution < 1.29 is 9.59 Å². The second-order valence-electron chi connectivity index (χ2n) is 6.36. The summed E-state index contributed by atoms with van der Waals surface area (Å²) >= 11 is 0. The van der Waals surface area contributed by atoms with E-state index in [9.17, 15) is 9.59 Å². The van der Waals surface area contributed by atoms with Gasteiger partial charge in [0.05, 0.1) is 5.54 Å². The van der Waals surface area contributed by atoms with Gasteiger partial charge in [0, 0.05) is 0 Å². The van der Waals surface area contributed by atoms with Gasteiger partial charge >= 0.3 is 6.03 Å². The van der Waals surface area contributed by atoms with Crippen molar-refractivity contribution in [2.45, 2.75) is 44.1 Å². The number of urea groups is 1. The SMILES string of the molecule is C=CC(=O)N(C(N)=O)C12CC3CC(CC(C3)C1)C2. The number of carbonyl (C=O) groups excluding carboxylic acids is 2. The van der Waals surface area contributed by atoms with E-state index in [2.05, 4.69) is 6.58 Å². The quantitative estimate of drug-likeness (QED) is 0.760. The third kappa shape index (κ3) is 1.58. The van der Waals surface area contributed by atoms with E-state index in [-0.39, 0.29) is 11.4 Å². The predicted octanol–water partition coefficient (Wildman–Crippen LogP) is 2.05. The number of amides is 3. The van der Waals surface area contributed by atoms with Gasteiger partial charge in [-0.3, -0.25) is 9.69 Å². The molecule has 0 spiro atoms. The lowest BCUT2D eigenvalue weighted by atomic mass is 9.52. The smallest absolute Gasteiger partial charge is 0.322 e. The molecule has 4 heteroatoms. The lowest BCUT2D eigenvalue weighted by Crippen LogP contribution is -2.64. The summed E-state index contributed by atoms with van der Waals surface area (Å²) in [5, 5.41) is 0. The Morgan fingerprint density at radius 2 is 1.56 bits per heavy atom. The zero-order valence-electron chi connectivity index (χ0n) is 10.6. The molecule has 0 saturated heterocycles. The topological polar surface area (TPSA) is 63.4 Å². The fraction of sp³-hybridized carbons (Fsp3) is 0.714. The van der Waals surface area contributed by atoms with Gasteiger partial charge in [0.1, 0.15) is 0 Å². The van der Waals surface area contributed by atoms with E-state index in [1.807, 2.05) is 0 Å². The first-order chi connectivity index (χ1) is 8.54. The number of nitrogens with zero attached hydrogens (tertiary/aromatic N) is 1. The third-order valence-electron chi connectivity index (χ3n) is 5.10. The zero-order valence-corrected chi connectivity index (χ0v) is 10.6. The lowest BCUT2D eigenvalue weighted by molar-refractivity contribution is -0.137. The molecule has 0 aromatic heterocycles. The van der Waals surface area contributed by atoms with Crippen LogP contribution in [0, 0.1) is 17.8 Å². The van der Waals surface area contributed by atoms with Crippen LogP contribution in [0.1, 0.15) is 38.5 Å². The van der Waals surface area contributed by atoms with Crippen LogP contribution in [0.2, 0.25) is 0 Å². The van der Waals surface area contributed by atoms with Gasteiger partial charge in [0.15, 0.2) is 0 Å². The van der Waals surface area contributed by atoms with Crippen molar-refractivity contribution in [2.24, 2.45) is 23.5 Å². The largest absolute Gasteiger partial charge is 0.351 e. The second kappa shape index (κ2) is 3.84. The lowest BCUT2D eigenvalue weighted by Gasteiger charge is -2.59. The minimum atomic E-state index is -0.609. The summed E-state index contributed by atoms with van der Waals surface area (Å²) < 4.78 is 0. The van der Waals surface area contributed by atoms with Crippen LogP contribution in [0.4, 0.5) is 4.79 Å². The summed E-state index contributed by atoms with van der Waals surface area (Å²) in [5.74, 6) is 1.70. The van der Waals surface area contributed by atoms with Crippen molar-refractivity contribution in [2.75, 3.05) is 0 Å². The standard InChI is InChI=1S/C14H20N2O2/c1-2-12(17)16(13(15)18)14-6-9-3-10(7-14)5-11(4-9)8-14/h2,9-11H,1,3-8H2,(H2,15,18). The maximum atomic E-state index is 12.0. The Kier molecular flexibility index (Phi) is 2.50. The van der Waals surface area contributed by atoms with Gasteiger partial charge in [-0.15, -0.1) is 0 Å². The predicted molar refractivity (Wildman–Crippen MR) is 67.5 cm³/mol. The number of hydrogen-bond donors (Lipinski definition) is 1. The van der Waals surface area contributed by atoms with Crippen molar-refractivity contribution in [1.82, 2.24) is 4.90 Å². The van der Waals surface area contributed by atoms with Crippen molar-refractivity contribution in [1.29, 1.82) is 0 Å². The van der Waals surface area contributed by atoms with E-state index in [4.69, 9.17) is 5.73 Å². The number of nitrogens with two attached hydrogens (primary N) is 1. The molecule has 0 aromatic rings. The Labute approximate surface area is 107 Å². The Morgan fingerprint density at radius 1 is 1.11 bits per heavy atom. The van der Waals surface area contributed by atoms with Crippen LogP contribution in [-0.4, -0.2) is 22.4 Å². The van der Waals surface area contributed by atoms with Crippen LogP contribution in [0.15, 0.2) is 12.7 Å². The van der Waals surface area contributed by atoms with Crippen LogP contribution < -0.4 is 5.73 Å². The highest BCUT2D eigenvalue weighted by Crippen LogP contribution is 2.57. The summed E-state index contributed by atoms with van der Waals surface area (Å²) in [4.78, 5) is 25.0. The highest BCUT2D eigenvalue weighted by atomic mass is 16.2. The molecule has 2 N–H and O–H groups in total. The summed E-state index contributed by atoms with van der Waals surface area (Å²) in [6, 6.07) is -0.609. The second-order valence-corrected chi connectivity index (χ2v) is 6.36. The Bertz CT molecular complexity index is 381. The molecule has 4 bridgehead atoms. The highest BCUT2D eigenvalue weighted by molar-refractivity contribution is 6.00. The van der Waals surface area contributed by atoms with Gasteiger partial charge in [-0.25, -0.2) is 4.79 Å². The molecule has 4 aliphatic rings. The molecule has 4 rings (SSSR count). The van der Waals surface area contributed by atoms with Crippen molar-refractivity contribution in [3.05, 3.63) is 12.7 Å². The van der Waals surface area contributed by atoms with E-state index in [0.717, 1.165) is 19.3 Å². The fourth-order valence-electron chi connectivity index (χ4n) is 5.01. The first kappa shape index (κ1) is 11.8. The van der Waals surface area contributed by atoms with Crippen LogP contribution >= 0.6 is 0 Å². The summed E-state index contributed by atoms with van der Waals surface area (Å²) in [7, 11) is 0. The van der Waals surface area contributed by atoms with Gasteiger partial charge in [-0.1, -0.05) is 6.58 Å². The van der Waals surface area contributed by atoms with E-state index in [0.29, 0.717) is 17.8 Å². The van der Waals surface area contributed by atoms with E-state index in [1.165, 1.54) is 30.2 Å². The van der Waals surface area contributed by atoms with E-state index < -0.39 is 6.03 Å². The average molecular weight is 248 g/mol. The van der Waals surface area contributed by atoms with Crippen LogP contribution in [-0.2, 0) is 4.79 Å². The van der Waals surface area contributed by atoms with Gasteiger partial charge in [-0.05, 0) is 62.4 Å². The molecular formula is C14H20N2O2. The van der Waals surface area contributed by atoms with Crippen LogP contribution in [0.5, 0.6) is 0 Å². The average Bonchev–Trinajstić information content (AvgIpc) is 2.25. The molecule has 18 heavy (non-hydrogen) atoms. The Morgan fingerprint density at radius 3 is 1.89 bits per heavy atom. The third-order valence-corrected chi connectivity index (χ3v) is 5.10. The Balaban J connectivity index is 1.95. The molecule has 0 heterocycles. The van der Waals surface area contributed by atoms with E-state index >= 15 is 0 Å². The molecule has 3 amide bonds. The minimum absolute atomic E-state index is 0.300. The van der Waals surface area contributed by atoms with Crippen LogP contribution in [0.25, 0.3) is 0 Å².